The lowest BCUT2D eigenvalue weighted by molar-refractivity contribution is -0.144. The summed E-state index contributed by atoms with van der Waals surface area (Å²) < 4.78 is 5.41. The van der Waals surface area contributed by atoms with E-state index in [1.165, 1.54) is 4.90 Å². The van der Waals surface area contributed by atoms with Gasteiger partial charge in [-0.2, -0.15) is 0 Å². The molecule has 3 amide bonds. The number of piperidine rings is 1. The van der Waals surface area contributed by atoms with Crippen LogP contribution in [0.1, 0.15) is 36.0 Å². The quantitative estimate of drug-likeness (QED) is 0.746. The van der Waals surface area contributed by atoms with Gasteiger partial charge < -0.3 is 14.5 Å². The molecule has 0 spiro atoms. The number of ether oxygens (including phenoxy) is 1. The summed E-state index contributed by atoms with van der Waals surface area (Å²) in [6.07, 6.45) is 2.97. The van der Waals surface area contributed by atoms with Crippen molar-refractivity contribution in [1.29, 1.82) is 0 Å². The van der Waals surface area contributed by atoms with E-state index >= 15 is 0 Å². The molecule has 3 aliphatic rings. The van der Waals surface area contributed by atoms with Crippen molar-refractivity contribution < 1.29 is 19.1 Å². The van der Waals surface area contributed by atoms with Crippen LogP contribution >= 0.6 is 0 Å². The van der Waals surface area contributed by atoms with Crippen LogP contribution in [-0.4, -0.2) is 73.0 Å². The first-order chi connectivity index (χ1) is 13.1. The highest BCUT2D eigenvalue weighted by Gasteiger charge is 2.42. The maximum absolute atomic E-state index is 12.6. The Kier molecular flexibility index (Phi) is 4.86. The van der Waals surface area contributed by atoms with Crippen molar-refractivity contribution in [3.8, 4) is 0 Å². The molecule has 0 saturated carbocycles. The van der Waals surface area contributed by atoms with Crippen LogP contribution in [0.25, 0.3) is 0 Å². The van der Waals surface area contributed by atoms with Gasteiger partial charge in [0.2, 0.25) is 11.8 Å². The predicted molar refractivity (Wildman–Crippen MR) is 99.5 cm³/mol. The van der Waals surface area contributed by atoms with E-state index in [1.54, 1.807) is 12.0 Å². The summed E-state index contributed by atoms with van der Waals surface area (Å²) in [4.78, 5) is 41.5. The molecule has 0 N–H and O–H groups in total. The van der Waals surface area contributed by atoms with Gasteiger partial charge in [-0.15, -0.1) is 0 Å². The zero-order valence-corrected chi connectivity index (χ0v) is 15.6. The van der Waals surface area contributed by atoms with Crippen molar-refractivity contribution in [3.63, 3.8) is 0 Å². The SMILES string of the molecule is COC1CCN(c2ccc(C(=O)N3CC(N4C(=O)CCC4=O)C3)cc2)CC1. The number of methoxy groups -OCH3 is 1. The number of carbonyl (C=O) groups is 3. The van der Waals surface area contributed by atoms with E-state index in [2.05, 4.69) is 4.90 Å². The minimum absolute atomic E-state index is 0.0463. The second-order valence-electron chi connectivity index (χ2n) is 7.49. The summed E-state index contributed by atoms with van der Waals surface area (Å²) in [5, 5.41) is 0. The van der Waals surface area contributed by atoms with Crippen molar-refractivity contribution in [2.45, 2.75) is 37.8 Å². The number of hydrogen-bond acceptors (Lipinski definition) is 5. The topological polar surface area (TPSA) is 70.2 Å². The van der Waals surface area contributed by atoms with Gasteiger partial charge in [0.05, 0.1) is 12.1 Å². The van der Waals surface area contributed by atoms with Gasteiger partial charge in [0, 0.05) is 57.4 Å². The van der Waals surface area contributed by atoms with E-state index in [-0.39, 0.29) is 23.8 Å². The van der Waals surface area contributed by atoms with Crippen LogP contribution in [-0.2, 0) is 14.3 Å². The molecule has 7 nitrogen and oxygen atoms in total. The Balaban J connectivity index is 1.33. The van der Waals surface area contributed by atoms with Crippen molar-refractivity contribution in [3.05, 3.63) is 29.8 Å². The van der Waals surface area contributed by atoms with Crippen molar-refractivity contribution in [2.75, 3.05) is 38.2 Å². The van der Waals surface area contributed by atoms with Crippen molar-refractivity contribution in [2.24, 2.45) is 0 Å². The minimum Gasteiger partial charge on any atom is -0.381 e. The van der Waals surface area contributed by atoms with Gasteiger partial charge in [-0.25, -0.2) is 0 Å². The highest BCUT2D eigenvalue weighted by atomic mass is 16.5. The number of likely N-dealkylation sites (tertiary alicyclic amines) is 2. The molecule has 3 fully saturated rings. The third-order valence-electron chi connectivity index (χ3n) is 5.86. The molecule has 0 unspecified atom stereocenters. The van der Waals surface area contributed by atoms with E-state index in [0.717, 1.165) is 31.6 Å². The van der Waals surface area contributed by atoms with E-state index in [0.29, 0.717) is 37.6 Å². The zero-order chi connectivity index (χ0) is 19.0. The number of imide groups is 1. The fourth-order valence-corrected chi connectivity index (χ4v) is 4.13. The number of nitrogens with zero attached hydrogens (tertiary/aromatic N) is 3. The van der Waals surface area contributed by atoms with Gasteiger partial charge >= 0.3 is 0 Å². The second-order valence-corrected chi connectivity index (χ2v) is 7.49. The first-order valence-corrected chi connectivity index (χ1v) is 9.59. The van der Waals surface area contributed by atoms with Crippen LogP contribution in [0.3, 0.4) is 0 Å². The molecule has 3 heterocycles. The van der Waals surface area contributed by atoms with Gasteiger partial charge in [-0.05, 0) is 37.1 Å². The number of carbonyl (C=O) groups excluding carboxylic acids is 3. The monoisotopic (exact) mass is 371 g/mol. The molecule has 0 radical (unpaired) electrons. The smallest absolute Gasteiger partial charge is 0.253 e. The normalized spacial score (nSPS) is 21.7. The Morgan fingerprint density at radius 1 is 1.00 bits per heavy atom. The number of benzene rings is 1. The molecular formula is C20H25N3O4. The van der Waals surface area contributed by atoms with Crippen molar-refractivity contribution >= 4 is 23.4 Å². The zero-order valence-electron chi connectivity index (χ0n) is 15.6. The Morgan fingerprint density at radius 3 is 2.15 bits per heavy atom. The van der Waals surface area contributed by atoms with Gasteiger partial charge in [-0.3, -0.25) is 19.3 Å². The molecule has 7 heteroatoms. The molecule has 0 aliphatic carbocycles. The van der Waals surface area contributed by atoms with Crippen molar-refractivity contribution in [1.82, 2.24) is 9.80 Å². The van der Waals surface area contributed by atoms with Crippen LogP contribution in [0, 0.1) is 0 Å². The Hall–Kier alpha value is -2.41. The fourth-order valence-electron chi connectivity index (χ4n) is 4.13. The van der Waals surface area contributed by atoms with E-state index in [4.69, 9.17) is 4.74 Å². The standard InChI is InChI=1S/C20H25N3O4/c1-27-17-8-10-21(11-9-17)15-4-2-14(3-5-15)20(26)22-12-16(13-22)23-18(24)6-7-19(23)25/h2-5,16-17H,6-13H2,1H3. The molecule has 1 aromatic carbocycles. The molecule has 1 aromatic rings. The van der Waals surface area contributed by atoms with E-state index in [1.807, 2.05) is 24.3 Å². The lowest BCUT2D eigenvalue weighted by Crippen LogP contribution is -2.62. The summed E-state index contributed by atoms with van der Waals surface area (Å²) in [5.74, 6) is -0.271. The number of rotatable bonds is 4. The molecule has 144 valence electrons. The molecule has 4 rings (SSSR count). The fraction of sp³-hybridized carbons (Fsp3) is 0.550. The van der Waals surface area contributed by atoms with Crippen LogP contribution < -0.4 is 4.90 Å². The first kappa shape index (κ1) is 18.0. The largest absolute Gasteiger partial charge is 0.381 e. The molecule has 0 aromatic heterocycles. The highest BCUT2D eigenvalue weighted by molar-refractivity contribution is 6.03. The Bertz CT molecular complexity index is 718. The van der Waals surface area contributed by atoms with Crippen LogP contribution in [0.4, 0.5) is 5.69 Å². The number of anilines is 1. The average molecular weight is 371 g/mol. The van der Waals surface area contributed by atoms with Gasteiger partial charge in [0.1, 0.15) is 0 Å². The molecule has 0 bridgehead atoms. The lowest BCUT2D eigenvalue weighted by Gasteiger charge is -2.43. The molecular weight excluding hydrogens is 346 g/mol. The summed E-state index contributed by atoms with van der Waals surface area (Å²) in [6, 6.07) is 7.55. The van der Waals surface area contributed by atoms with Crippen LogP contribution in [0.5, 0.6) is 0 Å². The van der Waals surface area contributed by atoms with Crippen LogP contribution in [0.15, 0.2) is 24.3 Å². The second kappa shape index (κ2) is 7.31. The minimum atomic E-state index is -0.155. The third-order valence-corrected chi connectivity index (χ3v) is 5.86. The average Bonchev–Trinajstić information content (AvgIpc) is 2.99. The highest BCUT2D eigenvalue weighted by Crippen LogP contribution is 2.25. The van der Waals surface area contributed by atoms with Gasteiger partial charge in [0.25, 0.3) is 5.91 Å². The number of amides is 3. The predicted octanol–water partition coefficient (Wildman–Crippen LogP) is 1.28. The summed E-state index contributed by atoms with van der Waals surface area (Å²) in [5.41, 5.74) is 1.76. The molecule has 27 heavy (non-hydrogen) atoms. The Morgan fingerprint density at radius 2 is 1.59 bits per heavy atom. The van der Waals surface area contributed by atoms with Crippen LogP contribution in [0.2, 0.25) is 0 Å². The Labute approximate surface area is 158 Å². The third kappa shape index (κ3) is 3.43. The molecule has 0 atom stereocenters. The van der Waals surface area contributed by atoms with Gasteiger partial charge in [0.15, 0.2) is 0 Å². The lowest BCUT2D eigenvalue weighted by atomic mass is 10.0. The maximum atomic E-state index is 12.6. The van der Waals surface area contributed by atoms with E-state index in [9.17, 15) is 14.4 Å². The van der Waals surface area contributed by atoms with Gasteiger partial charge in [-0.1, -0.05) is 0 Å². The number of hydrogen-bond donors (Lipinski definition) is 0. The molecule has 3 aliphatic heterocycles. The maximum Gasteiger partial charge on any atom is 0.253 e. The summed E-state index contributed by atoms with van der Waals surface area (Å²) >= 11 is 0. The summed E-state index contributed by atoms with van der Waals surface area (Å²) in [6.45, 7) is 2.78. The summed E-state index contributed by atoms with van der Waals surface area (Å²) in [7, 11) is 1.76. The molecule has 3 saturated heterocycles. The first-order valence-electron chi connectivity index (χ1n) is 9.59. The van der Waals surface area contributed by atoms with E-state index < -0.39 is 0 Å².